The highest BCUT2D eigenvalue weighted by atomic mass is 35.5. The zero-order valence-corrected chi connectivity index (χ0v) is 16.0. The van der Waals surface area contributed by atoms with E-state index < -0.39 is 6.17 Å². The Morgan fingerprint density at radius 1 is 0.963 bits per heavy atom. The number of hydrogen-bond acceptors (Lipinski definition) is 3. The highest BCUT2D eigenvalue weighted by molar-refractivity contribution is 6.42. The summed E-state index contributed by atoms with van der Waals surface area (Å²) >= 11 is 12.7. The molecule has 6 heteroatoms. The molecule has 0 bridgehead atoms. The van der Waals surface area contributed by atoms with Gasteiger partial charge in [-0.25, -0.2) is 0 Å². The second-order valence-corrected chi connectivity index (χ2v) is 6.89. The number of ether oxygens (including phenoxy) is 1. The average Bonchev–Trinajstić information content (AvgIpc) is 2.70. The number of anilines is 2. The number of para-hydroxylation sites is 1. The van der Waals surface area contributed by atoms with E-state index in [1.807, 2.05) is 54.6 Å². The molecule has 136 valence electrons. The Hall–Kier alpha value is -2.69. The quantitative estimate of drug-likeness (QED) is 0.608. The molecule has 1 amide bonds. The van der Waals surface area contributed by atoms with Gasteiger partial charge in [0.1, 0.15) is 11.9 Å². The Morgan fingerprint density at radius 2 is 1.70 bits per heavy atom. The normalized spacial score (nSPS) is 15.9. The number of carbonyl (C=O) groups is 1. The average molecular weight is 399 g/mol. The molecule has 3 aromatic carbocycles. The fraction of sp³-hybridized carbons (Fsp3) is 0.0952. The zero-order valence-electron chi connectivity index (χ0n) is 14.4. The minimum Gasteiger partial charge on any atom is -0.497 e. The first-order valence-electron chi connectivity index (χ1n) is 8.37. The number of amides is 1. The highest BCUT2D eigenvalue weighted by Crippen LogP contribution is 2.40. The molecular formula is C21H16Cl2N2O2. The molecule has 0 unspecified atom stereocenters. The molecule has 0 saturated heterocycles. The Morgan fingerprint density at radius 3 is 2.44 bits per heavy atom. The van der Waals surface area contributed by atoms with E-state index in [1.54, 1.807) is 24.1 Å². The summed E-state index contributed by atoms with van der Waals surface area (Å²) in [6.07, 6.45) is -0.494. The largest absolute Gasteiger partial charge is 0.497 e. The molecule has 0 radical (unpaired) electrons. The summed E-state index contributed by atoms with van der Waals surface area (Å²) < 4.78 is 5.23. The number of rotatable bonds is 3. The van der Waals surface area contributed by atoms with Crippen molar-refractivity contribution in [3.63, 3.8) is 0 Å². The summed E-state index contributed by atoms with van der Waals surface area (Å²) in [4.78, 5) is 15.0. The molecule has 4 nitrogen and oxygen atoms in total. The summed E-state index contributed by atoms with van der Waals surface area (Å²) in [6, 6.07) is 20.2. The van der Waals surface area contributed by atoms with Crippen LogP contribution in [-0.4, -0.2) is 13.0 Å². The lowest BCUT2D eigenvalue weighted by atomic mass is 10.0. The summed E-state index contributed by atoms with van der Waals surface area (Å²) in [6.45, 7) is 0. The van der Waals surface area contributed by atoms with Crippen LogP contribution in [0.2, 0.25) is 10.0 Å². The molecular weight excluding hydrogens is 383 g/mol. The number of methoxy groups -OCH3 is 1. The molecule has 4 rings (SSSR count). The number of nitrogens with zero attached hydrogens (tertiary/aromatic N) is 1. The third kappa shape index (κ3) is 3.11. The van der Waals surface area contributed by atoms with E-state index in [0.29, 0.717) is 21.4 Å². The van der Waals surface area contributed by atoms with Crippen LogP contribution in [0.1, 0.15) is 22.1 Å². The van der Waals surface area contributed by atoms with E-state index in [9.17, 15) is 4.79 Å². The predicted octanol–water partition coefficient (Wildman–Crippen LogP) is 5.77. The number of hydrogen-bond donors (Lipinski definition) is 1. The second kappa shape index (κ2) is 7.14. The number of benzene rings is 3. The van der Waals surface area contributed by atoms with E-state index in [0.717, 1.165) is 16.9 Å². The third-order valence-corrected chi connectivity index (χ3v) is 5.39. The molecule has 1 atom stereocenters. The van der Waals surface area contributed by atoms with Crippen molar-refractivity contribution >= 4 is 40.5 Å². The van der Waals surface area contributed by atoms with Crippen molar-refractivity contribution in [2.24, 2.45) is 0 Å². The van der Waals surface area contributed by atoms with Gasteiger partial charge in [-0.2, -0.15) is 0 Å². The number of halogens is 2. The summed E-state index contributed by atoms with van der Waals surface area (Å²) in [5, 5.41) is 4.28. The predicted molar refractivity (Wildman–Crippen MR) is 109 cm³/mol. The molecule has 3 aromatic rings. The van der Waals surface area contributed by atoms with E-state index >= 15 is 0 Å². The van der Waals surface area contributed by atoms with Crippen molar-refractivity contribution in [2.75, 3.05) is 17.3 Å². The Labute approximate surface area is 167 Å². The first kappa shape index (κ1) is 17.7. The second-order valence-electron chi connectivity index (χ2n) is 6.11. The molecule has 27 heavy (non-hydrogen) atoms. The molecule has 0 fully saturated rings. The SMILES string of the molecule is COc1ccc(N2C(=O)c3ccccc3N[C@H]2c2cccc(Cl)c2Cl)cc1. The molecule has 1 N–H and O–H groups in total. The van der Waals surface area contributed by atoms with Gasteiger partial charge in [0, 0.05) is 16.9 Å². The van der Waals surface area contributed by atoms with Crippen LogP contribution < -0.4 is 15.0 Å². The third-order valence-electron chi connectivity index (χ3n) is 4.55. The van der Waals surface area contributed by atoms with Crippen LogP contribution in [0, 0.1) is 0 Å². The standard InChI is InChI=1S/C21H16Cl2N2O2/c1-27-14-11-9-13(10-12-14)25-20(16-6-4-7-17(22)19(16)23)24-18-8-3-2-5-15(18)21(25)26/h2-12,20,24H,1H3/t20-/m1/s1. The van der Waals surface area contributed by atoms with Crippen molar-refractivity contribution in [1.29, 1.82) is 0 Å². The first-order chi connectivity index (χ1) is 13.1. The maximum atomic E-state index is 13.3. The van der Waals surface area contributed by atoms with Gasteiger partial charge < -0.3 is 10.1 Å². The van der Waals surface area contributed by atoms with Crippen LogP contribution in [0.4, 0.5) is 11.4 Å². The van der Waals surface area contributed by atoms with E-state index in [-0.39, 0.29) is 5.91 Å². The lowest BCUT2D eigenvalue weighted by molar-refractivity contribution is 0.0975. The van der Waals surface area contributed by atoms with Crippen LogP contribution in [0.5, 0.6) is 5.75 Å². The van der Waals surface area contributed by atoms with Crippen molar-refractivity contribution in [3.05, 3.63) is 87.9 Å². The maximum absolute atomic E-state index is 13.3. The highest BCUT2D eigenvalue weighted by Gasteiger charge is 2.35. The molecule has 1 aliphatic rings. The summed E-state index contributed by atoms with van der Waals surface area (Å²) in [5.74, 6) is 0.601. The topological polar surface area (TPSA) is 41.6 Å². The Kier molecular flexibility index (Phi) is 4.68. The van der Waals surface area contributed by atoms with Crippen LogP contribution in [0.15, 0.2) is 66.7 Å². The van der Waals surface area contributed by atoms with Crippen molar-refractivity contribution in [1.82, 2.24) is 0 Å². The lowest BCUT2D eigenvalue weighted by Crippen LogP contribution is -2.43. The number of nitrogens with one attached hydrogen (secondary N) is 1. The van der Waals surface area contributed by atoms with Crippen LogP contribution in [0.25, 0.3) is 0 Å². The summed E-state index contributed by atoms with van der Waals surface area (Å²) in [7, 11) is 1.60. The maximum Gasteiger partial charge on any atom is 0.262 e. The number of fused-ring (bicyclic) bond motifs is 1. The van der Waals surface area contributed by atoms with Crippen molar-refractivity contribution in [2.45, 2.75) is 6.17 Å². The van der Waals surface area contributed by atoms with Gasteiger partial charge in [-0.3, -0.25) is 9.69 Å². The van der Waals surface area contributed by atoms with Gasteiger partial charge in [0.15, 0.2) is 0 Å². The van der Waals surface area contributed by atoms with Crippen molar-refractivity contribution in [3.8, 4) is 5.75 Å². The van der Waals surface area contributed by atoms with Gasteiger partial charge in [-0.05, 0) is 42.5 Å². The van der Waals surface area contributed by atoms with Crippen LogP contribution in [0.3, 0.4) is 0 Å². The Balaban J connectivity index is 1.87. The van der Waals surface area contributed by atoms with E-state index in [4.69, 9.17) is 27.9 Å². The number of carbonyl (C=O) groups excluding carboxylic acids is 1. The smallest absolute Gasteiger partial charge is 0.262 e. The van der Waals surface area contributed by atoms with Crippen LogP contribution >= 0.6 is 23.2 Å². The minimum atomic E-state index is -0.494. The van der Waals surface area contributed by atoms with Crippen LogP contribution in [-0.2, 0) is 0 Å². The van der Waals surface area contributed by atoms with Gasteiger partial charge in [0.05, 0.1) is 22.7 Å². The zero-order chi connectivity index (χ0) is 19.0. The van der Waals surface area contributed by atoms with Gasteiger partial charge in [0.2, 0.25) is 0 Å². The first-order valence-corrected chi connectivity index (χ1v) is 9.13. The van der Waals surface area contributed by atoms with E-state index in [2.05, 4.69) is 5.32 Å². The van der Waals surface area contributed by atoms with Gasteiger partial charge in [0.25, 0.3) is 5.91 Å². The fourth-order valence-electron chi connectivity index (χ4n) is 3.21. The monoisotopic (exact) mass is 398 g/mol. The fourth-order valence-corrected chi connectivity index (χ4v) is 3.62. The van der Waals surface area contributed by atoms with E-state index in [1.165, 1.54) is 0 Å². The molecule has 1 heterocycles. The molecule has 1 aliphatic heterocycles. The molecule has 0 saturated carbocycles. The lowest BCUT2D eigenvalue weighted by Gasteiger charge is -2.38. The van der Waals surface area contributed by atoms with Gasteiger partial charge >= 0.3 is 0 Å². The summed E-state index contributed by atoms with van der Waals surface area (Å²) in [5.41, 5.74) is 2.81. The van der Waals surface area contributed by atoms with Gasteiger partial charge in [-0.1, -0.05) is 47.5 Å². The molecule has 0 spiro atoms. The molecule has 0 aromatic heterocycles. The van der Waals surface area contributed by atoms with Gasteiger partial charge in [-0.15, -0.1) is 0 Å². The molecule has 0 aliphatic carbocycles. The van der Waals surface area contributed by atoms with Crippen molar-refractivity contribution < 1.29 is 9.53 Å². The minimum absolute atomic E-state index is 0.115. The Bertz CT molecular complexity index is 1010.